The van der Waals surface area contributed by atoms with Crippen LogP contribution < -0.4 is 4.74 Å². The van der Waals surface area contributed by atoms with Crippen molar-refractivity contribution in [3.8, 4) is 11.4 Å². The van der Waals surface area contributed by atoms with Crippen LogP contribution in [0.2, 0.25) is 0 Å². The van der Waals surface area contributed by atoms with Crippen LogP contribution in [-0.2, 0) is 4.79 Å². The van der Waals surface area contributed by atoms with Gasteiger partial charge in [-0.15, -0.1) is 0 Å². The third-order valence-electron chi connectivity index (χ3n) is 2.55. The quantitative estimate of drug-likeness (QED) is 0.831. The number of aryl methyl sites for hydroxylation is 1. The van der Waals surface area contributed by atoms with Crippen molar-refractivity contribution in [2.45, 2.75) is 18.7 Å². The van der Waals surface area contributed by atoms with Crippen LogP contribution >= 0.6 is 11.8 Å². The number of aliphatic carboxylic acids is 1. The first-order valence-corrected chi connectivity index (χ1v) is 6.90. The molecule has 0 radical (unpaired) electrons. The Balaban J connectivity index is 2.42. The highest BCUT2D eigenvalue weighted by molar-refractivity contribution is 7.99. The van der Waals surface area contributed by atoms with Crippen molar-refractivity contribution in [3.05, 3.63) is 36.2 Å². The second-order valence-corrected chi connectivity index (χ2v) is 4.99. The molecule has 21 heavy (non-hydrogen) atoms. The van der Waals surface area contributed by atoms with Gasteiger partial charge in [0.2, 0.25) is 0 Å². The first-order chi connectivity index (χ1) is 9.99. The van der Waals surface area contributed by atoms with Crippen LogP contribution in [0.5, 0.6) is 5.75 Å². The van der Waals surface area contributed by atoms with E-state index < -0.39 is 12.6 Å². The molecule has 2 aromatic rings. The summed E-state index contributed by atoms with van der Waals surface area (Å²) in [5.41, 5.74) is 1.08. The van der Waals surface area contributed by atoms with Gasteiger partial charge in [-0.05, 0) is 19.1 Å². The van der Waals surface area contributed by atoms with E-state index in [1.54, 1.807) is 35.9 Å². The minimum absolute atomic E-state index is 0.00535. The number of aromatic nitrogens is 2. The number of imidazole rings is 1. The number of ether oxygens (including phenoxy) is 1. The third-order valence-corrected chi connectivity index (χ3v) is 3.49. The maximum atomic E-state index is 12.5. The van der Waals surface area contributed by atoms with Crippen LogP contribution in [0.3, 0.4) is 0 Å². The molecule has 0 fully saturated rings. The molecule has 0 saturated heterocycles. The molecule has 0 aliphatic rings. The average Bonchev–Trinajstić information content (AvgIpc) is 2.77. The zero-order valence-corrected chi connectivity index (χ0v) is 11.8. The van der Waals surface area contributed by atoms with E-state index in [2.05, 4.69) is 9.72 Å². The van der Waals surface area contributed by atoms with Gasteiger partial charge < -0.3 is 9.84 Å². The number of carboxylic acids is 1. The van der Waals surface area contributed by atoms with Crippen molar-refractivity contribution in [1.29, 1.82) is 0 Å². The number of thioether (sulfide) groups is 1. The fourth-order valence-corrected chi connectivity index (χ4v) is 2.52. The molecule has 0 aliphatic heterocycles. The fraction of sp³-hybridized carbons (Fsp3) is 0.231. The SMILES string of the molecule is Cc1cnc(SCC(=O)O)n1-c1ccccc1OC(F)F. The summed E-state index contributed by atoms with van der Waals surface area (Å²) >= 11 is 1.01. The molecule has 0 bridgehead atoms. The smallest absolute Gasteiger partial charge is 0.387 e. The third kappa shape index (κ3) is 3.72. The summed E-state index contributed by atoms with van der Waals surface area (Å²) in [6.45, 7) is -1.19. The highest BCUT2D eigenvalue weighted by atomic mass is 32.2. The molecule has 0 atom stereocenters. The molecule has 1 N–H and O–H groups in total. The van der Waals surface area contributed by atoms with Gasteiger partial charge in [0.05, 0.1) is 11.4 Å². The molecule has 1 heterocycles. The number of hydrogen-bond donors (Lipinski definition) is 1. The summed E-state index contributed by atoms with van der Waals surface area (Å²) < 4.78 is 31.0. The lowest BCUT2D eigenvalue weighted by atomic mass is 10.3. The summed E-state index contributed by atoms with van der Waals surface area (Å²) in [4.78, 5) is 14.8. The Morgan fingerprint density at radius 3 is 2.86 bits per heavy atom. The zero-order valence-electron chi connectivity index (χ0n) is 11.0. The zero-order chi connectivity index (χ0) is 15.4. The van der Waals surface area contributed by atoms with Crippen molar-refractivity contribution >= 4 is 17.7 Å². The molecule has 0 saturated carbocycles. The van der Waals surface area contributed by atoms with Crippen molar-refractivity contribution in [3.63, 3.8) is 0 Å². The lowest BCUT2D eigenvalue weighted by Crippen LogP contribution is -2.08. The molecule has 8 heteroatoms. The van der Waals surface area contributed by atoms with Crippen LogP contribution in [-0.4, -0.2) is 33.0 Å². The van der Waals surface area contributed by atoms with Gasteiger partial charge in [0.1, 0.15) is 5.75 Å². The Morgan fingerprint density at radius 1 is 1.48 bits per heavy atom. The number of halogens is 2. The van der Waals surface area contributed by atoms with E-state index in [0.29, 0.717) is 16.5 Å². The van der Waals surface area contributed by atoms with E-state index in [4.69, 9.17) is 5.11 Å². The van der Waals surface area contributed by atoms with Crippen molar-refractivity contribution in [2.75, 3.05) is 5.75 Å². The van der Waals surface area contributed by atoms with Crippen molar-refractivity contribution in [1.82, 2.24) is 9.55 Å². The fourth-order valence-electron chi connectivity index (χ4n) is 1.77. The highest BCUT2D eigenvalue weighted by Crippen LogP contribution is 2.30. The normalized spacial score (nSPS) is 10.9. The molecule has 0 unspecified atom stereocenters. The molecular formula is C13H12F2N2O3S. The molecule has 1 aromatic carbocycles. The van der Waals surface area contributed by atoms with E-state index in [0.717, 1.165) is 11.8 Å². The van der Waals surface area contributed by atoms with E-state index in [1.165, 1.54) is 6.07 Å². The van der Waals surface area contributed by atoms with Gasteiger partial charge >= 0.3 is 12.6 Å². The van der Waals surface area contributed by atoms with E-state index in [9.17, 15) is 13.6 Å². The lowest BCUT2D eigenvalue weighted by Gasteiger charge is -2.14. The Bertz CT molecular complexity index is 646. The van der Waals surface area contributed by atoms with Crippen molar-refractivity contribution < 1.29 is 23.4 Å². The second kappa shape index (κ2) is 6.57. The minimum atomic E-state index is -2.94. The average molecular weight is 314 g/mol. The number of carboxylic acid groups (broad SMARTS) is 1. The first-order valence-electron chi connectivity index (χ1n) is 5.92. The number of nitrogens with zero attached hydrogens (tertiary/aromatic N) is 2. The van der Waals surface area contributed by atoms with Gasteiger partial charge in [0.15, 0.2) is 5.16 Å². The number of para-hydroxylation sites is 2. The molecule has 112 valence electrons. The second-order valence-electron chi connectivity index (χ2n) is 4.05. The van der Waals surface area contributed by atoms with Gasteiger partial charge in [0.25, 0.3) is 0 Å². The molecular weight excluding hydrogens is 302 g/mol. The van der Waals surface area contributed by atoms with Gasteiger partial charge in [-0.3, -0.25) is 9.36 Å². The molecule has 0 aliphatic carbocycles. The molecule has 2 rings (SSSR count). The van der Waals surface area contributed by atoms with Crippen LogP contribution in [0.15, 0.2) is 35.6 Å². The van der Waals surface area contributed by atoms with E-state index in [1.807, 2.05) is 0 Å². The monoisotopic (exact) mass is 314 g/mol. The topological polar surface area (TPSA) is 64.3 Å². The summed E-state index contributed by atoms with van der Waals surface area (Å²) in [6, 6.07) is 6.29. The standard InChI is InChI=1S/C13H12F2N2O3S/c1-8-6-16-13(21-7-11(18)19)17(8)9-4-2-3-5-10(9)20-12(14)15/h2-6,12H,7H2,1H3,(H,18,19). The largest absolute Gasteiger partial charge is 0.481 e. The summed E-state index contributed by atoms with van der Waals surface area (Å²) in [5.74, 6) is -1.15. The van der Waals surface area contributed by atoms with Gasteiger partial charge in [-0.2, -0.15) is 8.78 Å². The van der Waals surface area contributed by atoms with Crippen LogP contribution in [0.1, 0.15) is 5.69 Å². The Labute approximate surface area is 123 Å². The number of rotatable bonds is 6. The molecule has 0 amide bonds. The Morgan fingerprint density at radius 2 is 2.19 bits per heavy atom. The predicted molar refractivity (Wildman–Crippen MR) is 73.3 cm³/mol. The Hall–Kier alpha value is -2.09. The molecule has 1 aromatic heterocycles. The highest BCUT2D eigenvalue weighted by Gasteiger charge is 2.16. The molecule has 0 spiro atoms. The van der Waals surface area contributed by atoms with Gasteiger partial charge in [0, 0.05) is 11.9 Å². The number of hydrogen-bond acceptors (Lipinski definition) is 4. The minimum Gasteiger partial charge on any atom is -0.481 e. The molecule has 5 nitrogen and oxygen atoms in total. The Kier molecular flexibility index (Phi) is 4.79. The van der Waals surface area contributed by atoms with Gasteiger partial charge in [-0.25, -0.2) is 4.98 Å². The first kappa shape index (κ1) is 15.3. The maximum absolute atomic E-state index is 12.5. The van der Waals surface area contributed by atoms with Crippen LogP contribution in [0, 0.1) is 6.92 Å². The number of alkyl halides is 2. The van der Waals surface area contributed by atoms with E-state index in [-0.39, 0.29) is 11.5 Å². The van der Waals surface area contributed by atoms with Crippen molar-refractivity contribution in [2.24, 2.45) is 0 Å². The summed E-state index contributed by atoms with van der Waals surface area (Å²) in [5, 5.41) is 9.14. The maximum Gasteiger partial charge on any atom is 0.387 e. The van der Waals surface area contributed by atoms with E-state index >= 15 is 0 Å². The van der Waals surface area contributed by atoms with Crippen LogP contribution in [0.4, 0.5) is 8.78 Å². The summed E-state index contributed by atoms with van der Waals surface area (Å²) in [6.07, 6.45) is 1.54. The van der Waals surface area contributed by atoms with Crippen LogP contribution in [0.25, 0.3) is 5.69 Å². The van der Waals surface area contributed by atoms with Gasteiger partial charge in [-0.1, -0.05) is 23.9 Å². The predicted octanol–water partition coefficient (Wildman–Crippen LogP) is 2.96. The number of benzene rings is 1. The summed E-state index contributed by atoms with van der Waals surface area (Å²) in [7, 11) is 0. The number of carbonyl (C=O) groups is 1. The lowest BCUT2D eigenvalue weighted by molar-refractivity contribution is -0.133.